The molecule has 1 aromatic carbocycles. The second-order valence-corrected chi connectivity index (χ2v) is 3.90. The van der Waals surface area contributed by atoms with Crippen LogP contribution in [0.1, 0.15) is 31.7 Å². The van der Waals surface area contributed by atoms with E-state index in [1.807, 2.05) is 24.3 Å². The summed E-state index contributed by atoms with van der Waals surface area (Å²) in [5.41, 5.74) is 0.916. The molecule has 0 amide bonds. The van der Waals surface area contributed by atoms with E-state index in [1.165, 1.54) is 18.8 Å². The Kier molecular flexibility index (Phi) is 6.44. The minimum absolute atomic E-state index is 0.748. The number of benzene rings is 1. The highest BCUT2D eigenvalue weighted by molar-refractivity contribution is 6.48. The zero-order valence-electron chi connectivity index (χ0n) is 10.2. The third kappa shape index (κ3) is 6.14. The van der Waals surface area contributed by atoms with Crippen LogP contribution in [0.5, 0.6) is 5.75 Å². The summed E-state index contributed by atoms with van der Waals surface area (Å²) in [4.78, 5) is 0. The van der Waals surface area contributed by atoms with Crippen LogP contribution >= 0.6 is 0 Å². The van der Waals surface area contributed by atoms with Crippen LogP contribution in [0.4, 0.5) is 0 Å². The lowest BCUT2D eigenvalue weighted by atomic mass is 9.91. The van der Waals surface area contributed by atoms with Crippen molar-refractivity contribution in [3.63, 3.8) is 0 Å². The lowest BCUT2D eigenvalue weighted by Crippen LogP contribution is -2.05. The second kappa shape index (κ2) is 7.93. The first-order valence-corrected chi connectivity index (χ1v) is 5.99. The molecule has 3 nitrogen and oxygen atoms in total. The molecule has 0 saturated carbocycles. The quantitative estimate of drug-likeness (QED) is 0.562. The Morgan fingerprint density at radius 1 is 1.18 bits per heavy atom. The van der Waals surface area contributed by atoms with Gasteiger partial charge >= 0.3 is 7.12 Å². The molecule has 92 valence electrons. The molecule has 0 fully saturated rings. The average molecular weight is 234 g/mol. The third-order valence-electron chi connectivity index (χ3n) is 2.36. The van der Waals surface area contributed by atoms with Gasteiger partial charge in [0.1, 0.15) is 5.75 Å². The predicted molar refractivity (Wildman–Crippen MR) is 70.7 cm³/mol. The van der Waals surface area contributed by atoms with Gasteiger partial charge in [-0.3, -0.25) is 0 Å². The minimum Gasteiger partial charge on any atom is -0.494 e. The van der Waals surface area contributed by atoms with Crippen LogP contribution in [-0.2, 0) is 0 Å². The van der Waals surface area contributed by atoms with Crippen LogP contribution in [0.3, 0.4) is 0 Å². The molecular weight excluding hydrogens is 215 g/mol. The van der Waals surface area contributed by atoms with Crippen molar-refractivity contribution in [3.05, 3.63) is 35.8 Å². The van der Waals surface area contributed by atoms with Gasteiger partial charge in [-0.2, -0.15) is 0 Å². The molecule has 0 unspecified atom stereocenters. The standard InChI is InChI=1S/C13H19BO3/c1-2-3-4-11-17-13-7-5-12(6-8-13)9-10-14(15)16/h5-10,15-16H,2-4,11H2,1H3/b10-9+. The van der Waals surface area contributed by atoms with Crippen molar-refractivity contribution in [2.75, 3.05) is 6.61 Å². The van der Waals surface area contributed by atoms with Crippen LogP contribution in [-0.4, -0.2) is 23.8 Å². The normalized spacial score (nSPS) is 10.8. The van der Waals surface area contributed by atoms with Crippen molar-refractivity contribution in [1.29, 1.82) is 0 Å². The Balaban J connectivity index is 2.39. The first kappa shape index (κ1) is 13.8. The topological polar surface area (TPSA) is 49.7 Å². The van der Waals surface area contributed by atoms with Gasteiger partial charge in [0.15, 0.2) is 0 Å². The van der Waals surface area contributed by atoms with Gasteiger partial charge in [0, 0.05) is 0 Å². The maximum Gasteiger partial charge on any atom is 0.480 e. The zero-order chi connectivity index (χ0) is 12.5. The van der Waals surface area contributed by atoms with Gasteiger partial charge in [-0.1, -0.05) is 43.9 Å². The van der Waals surface area contributed by atoms with E-state index >= 15 is 0 Å². The van der Waals surface area contributed by atoms with Gasteiger partial charge in [-0.25, -0.2) is 0 Å². The highest BCUT2D eigenvalue weighted by Gasteiger charge is 1.98. The molecule has 0 atom stereocenters. The highest BCUT2D eigenvalue weighted by Crippen LogP contribution is 2.13. The molecule has 0 aliphatic heterocycles. The van der Waals surface area contributed by atoms with Gasteiger partial charge < -0.3 is 14.8 Å². The molecular formula is C13H19BO3. The van der Waals surface area contributed by atoms with Crippen LogP contribution in [0.2, 0.25) is 0 Å². The number of rotatable bonds is 7. The molecule has 0 heterocycles. The maximum atomic E-state index is 8.68. The Hall–Kier alpha value is -1.26. The smallest absolute Gasteiger partial charge is 0.480 e. The summed E-state index contributed by atoms with van der Waals surface area (Å²) < 4.78 is 5.57. The molecule has 0 saturated heterocycles. The van der Waals surface area contributed by atoms with Crippen molar-refractivity contribution in [3.8, 4) is 5.75 Å². The molecule has 0 bridgehead atoms. The van der Waals surface area contributed by atoms with E-state index in [2.05, 4.69) is 6.92 Å². The van der Waals surface area contributed by atoms with Crippen LogP contribution in [0, 0.1) is 0 Å². The van der Waals surface area contributed by atoms with Crippen LogP contribution in [0.15, 0.2) is 30.2 Å². The summed E-state index contributed by atoms with van der Waals surface area (Å²) >= 11 is 0. The largest absolute Gasteiger partial charge is 0.494 e. The first-order valence-electron chi connectivity index (χ1n) is 5.99. The fourth-order valence-corrected chi connectivity index (χ4v) is 1.41. The second-order valence-electron chi connectivity index (χ2n) is 3.90. The van der Waals surface area contributed by atoms with Gasteiger partial charge in [-0.05, 0) is 24.1 Å². The van der Waals surface area contributed by atoms with Crippen molar-refractivity contribution in [2.45, 2.75) is 26.2 Å². The molecule has 0 spiro atoms. The van der Waals surface area contributed by atoms with E-state index in [9.17, 15) is 0 Å². The fourth-order valence-electron chi connectivity index (χ4n) is 1.41. The summed E-state index contributed by atoms with van der Waals surface area (Å²) in [6, 6.07) is 7.53. The summed E-state index contributed by atoms with van der Waals surface area (Å²) in [7, 11) is -1.40. The van der Waals surface area contributed by atoms with Crippen molar-refractivity contribution in [1.82, 2.24) is 0 Å². The highest BCUT2D eigenvalue weighted by atomic mass is 16.5. The number of hydrogen-bond acceptors (Lipinski definition) is 3. The van der Waals surface area contributed by atoms with E-state index in [-0.39, 0.29) is 0 Å². The monoisotopic (exact) mass is 234 g/mol. The van der Waals surface area contributed by atoms with E-state index in [1.54, 1.807) is 6.08 Å². The summed E-state index contributed by atoms with van der Waals surface area (Å²) in [5.74, 6) is 2.17. The average Bonchev–Trinajstić information content (AvgIpc) is 2.33. The molecule has 1 rings (SSSR count). The lowest BCUT2D eigenvalue weighted by molar-refractivity contribution is 0.306. The molecule has 4 heteroatoms. The predicted octanol–water partition coefficient (Wildman–Crippen LogP) is 2.28. The molecule has 1 aromatic rings. The number of unbranched alkanes of at least 4 members (excludes halogenated alkanes) is 2. The summed E-state index contributed by atoms with van der Waals surface area (Å²) in [6.07, 6.45) is 5.12. The first-order chi connectivity index (χ1) is 8.22. The Morgan fingerprint density at radius 3 is 2.47 bits per heavy atom. The number of hydrogen-bond donors (Lipinski definition) is 2. The molecule has 0 aliphatic carbocycles. The van der Waals surface area contributed by atoms with Crippen molar-refractivity contribution in [2.24, 2.45) is 0 Å². The van der Waals surface area contributed by atoms with E-state index in [4.69, 9.17) is 14.8 Å². The van der Waals surface area contributed by atoms with Gasteiger partial charge in [0.2, 0.25) is 0 Å². The number of ether oxygens (including phenoxy) is 1. The fraction of sp³-hybridized carbons (Fsp3) is 0.385. The van der Waals surface area contributed by atoms with Gasteiger partial charge in [0.25, 0.3) is 0 Å². The van der Waals surface area contributed by atoms with Crippen molar-refractivity contribution >= 4 is 13.2 Å². The summed E-state index contributed by atoms with van der Waals surface area (Å²) in [6.45, 7) is 2.91. The van der Waals surface area contributed by atoms with E-state index < -0.39 is 7.12 Å². The Labute approximate surface area is 103 Å². The molecule has 2 N–H and O–H groups in total. The SMILES string of the molecule is CCCCCOc1ccc(/C=C/B(O)O)cc1. The molecule has 0 aliphatic rings. The molecule has 0 aromatic heterocycles. The third-order valence-corrected chi connectivity index (χ3v) is 2.36. The van der Waals surface area contributed by atoms with E-state index in [0.717, 1.165) is 24.3 Å². The Morgan fingerprint density at radius 2 is 1.88 bits per heavy atom. The van der Waals surface area contributed by atoms with Crippen LogP contribution < -0.4 is 4.74 Å². The zero-order valence-corrected chi connectivity index (χ0v) is 10.2. The Bertz CT molecular complexity index is 333. The lowest BCUT2D eigenvalue weighted by Gasteiger charge is -2.05. The molecule has 0 radical (unpaired) electrons. The van der Waals surface area contributed by atoms with Crippen molar-refractivity contribution < 1.29 is 14.8 Å². The summed E-state index contributed by atoms with van der Waals surface area (Å²) in [5, 5.41) is 17.4. The maximum absolute atomic E-state index is 8.68. The van der Waals surface area contributed by atoms with Crippen LogP contribution in [0.25, 0.3) is 6.08 Å². The van der Waals surface area contributed by atoms with Gasteiger partial charge in [-0.15, -0.1) is 0 Å². The minimum atomic E-state index is -1.40. The van der Waals surface area contributed by atoms with Gasteiger partial charge in [0.05, 0.1) is 6.61 Å². The van der Waals surface area contributed by atoms with E-state index in [0.29, 0.717) is 0 Å². The molecule has 17 heavy (non-hydrogen) atoms.